The van der Waals surface area contributed by atoms with Crippen molar-refractivity contribution in [2.24, 2.45) is 0 Å². The number of nitriles is 1. The van der Waals surface area contributed by atoms with Crippen molar-refractivity contribution in [1.82, 2.24) is 14.8 Å². The highest BCUT2D eigenvalue weighted by atomic mass is 15.3. The third-order valence-electron chi connectivity index (χ3n) is 1.95. The molecule has 0 aliphatic carbocycles. The van der Waals surface area contributed by atoms with Gasteiger partial charge in [-0.15, -0.1) is 5.10 Å². The van der Waals surface area contributed by atoms with Crippen LogP contribution >= 0.6 is 0 Å². The normalized spacial score (nSPS) is 9.80. The number of nitrogens with two attached hydrogens (primary N) is 1. The minimum Gasteiger partial charge on any atom is -0.367 e. The summed E-state index contributed by atoms with van der Waals surface area (Å²) < 4.78 is 1.63. The van der Waals surface area contributed by atoms with Crippen LogP contribution in [0.15, 0.2) is 30.6 Å². The second-order valence-corrected chi connectivity index (χ2v) is 3.11. The first kappa shape index (κ1) is 9.21. The van der Waals surface area contributed by atoms with Crippen LogP contribution in [0.3, 0.4) is 0 Å². The zero-order valence-electron chi connectivity index (χ0n) is 7.96. The zero-order chi connectivity index (χ0) is 10.7. The molecule has 1 heterocycles. The first-order valence-corrected chi connectivity index (χ1v) is 4.42. The number of anilines is 1. The van der Waals surface area contributed by atoms with Crippen LogP contribution in [0.1, 0.15) is 11.1 Å². The Hall–Kier alpha value is -2.35. The molecule has 0 amide bonds. The average Bonchev–Trinajstić information content (AvgIpc) is 2.64. The predicted octanol–water partition coefficient (Wildman–Crippen LogP) is 0.780. The fourth-order valence-electron chi connectivity index (χ4n) is 1.31. The van der Waals surface area contributed by atoms with E-state index < -0.39 is 0 Å². The Labute approximate surface area is 86.8 Å². The Bertz CT molecular complexity index is 509. The van der Waals surface area contributed by atoms with Crippen LogP contribution in [0.5, 0.6) is 0 Å². The Kier molecular flexibility index (Phi) is 2.33. The van der Waals surface area contributed by atoms with Gasteiger partial charge in [-0.2, -0.15) is 5.26 Å². The predicted molar refractivity (Wildman–Crippen MR) is 54.7 cm³/mol. The number of benzene rings is 1. The van der Waals surface area contributed by atoms with Gasteiger partial charge in [-0.05, 0) is 17.7 Å². The van der Waals surface area contributed by atoms with E-state index in [1.807, 2.05) is 18.2 Å². The Morgan fingerprint density at radius 3 is 3.00 bits per heavy atom. The number of nitrogen functional groups attached to an aromatic ring is 1. The van der Waals surface area contributed by atoms with Crippen LogP contribution in [0.25, 0.3) is 0 Å². The SMILES string of the molecule is N#Cc1cccc(Cn2cnc(N)n2)c1. The molecule has 15 heavy (non-hydrogen) atoms. The highest BCUT2D eigenvalue weighted by Gasteiger charge is 1.99. The van der Waals surface area contributed by atoms with E-state index in [2.05, 4.69) is 16.2 Å². The molecule has 5 heteroatoms. The van der Waals surface area contributed by atoms with Crippen LogP contribution < -0.4 is 5.73 Å². The van der Waals surface area contributed by atoms with Crippen LogP contribution in [0, 0.1) is 11.3 Å². The van der Waals surface area contributed by atoms with E-state index in [1.54, 1.807) is 17.1 Å². The standard InChI is InChI=1S/C10H9N5/c11-5-8-2-1-3-9(4-8)6-15-7-13-10(12)14-15/h1-4,7H,6H2,(H2,12,14). The zero-order valence-corrected chi connectivity index (χ0v) is 7.96. The molecule has 2 aromatic rings. The van der Waals surface area contributed by atoms with Gasteiger partial charge in [0.1, 0.15) is 6.33 Å². The summed E-state index contributed by atoms with van der Waals surface area (Å²) in [4.78, 5) is 3.82. The van der Waals surface area contributed by atoms with Gasteiger partial charge in [0.2, 0.25) is 5.95 Å². The number of aromatic nitrogens is 3. The Balaban J connectivity index is 2.21. The third-order valence-corrected chi connectivity index (χ3v) is 1.95. The van der Waals surface area contributed by atoms with Crippen LogP contribution in [-0.2, 0) is 6.54 Å². The molecule has 2 N–H and O–H groups in total. The Morgan fingerprint density at radius 1 is 1.47 bits per heavy atom. The van der Waals surface area contributed by atoms with Gasteiger partial charge >= 0.3 is 0 Å². The van der Waals surface area contributed by atoms with Crippen LogP contribution in [0.4, 0.5) is 5.95 Å². The van der Waals surface area contributed by atoms with Crippen molar-refractivity contribution in [1.29, 1.82) is 5.26 Å². The molecule has 0 atom stereocenters. The van der Waals surface area contributed by atoms with Crippen molar-refractivity contribution < 1.29 is 0 Å². The molecule has 0 aliphatic heterocycles. The average molecular weight is 199 g/mol. The fourth-order valence-corrected chi connectivity index (χ4v) is 1.31. The summed E-state index contributed by atoms with van der Waals surface area (Å²) >= 11 is 0. The van der Waals surface area contributed by atoms with Crippen molar-refractivity contribution in [3.63, 3.8) is 0 Å². The summed E-state index contributed by atoms with van der Waals surface area (Å²) in [6, 6.07) is 9.44. The van der Waals surface area contributed by atoms with E-state index in [4.69, 9.17) is 11.0 Å². The smallest absolute Gasteiger partial charge is 0.239 e. The summed E-state index contributed by atoms with van der Waals surface area (Å²) in [6.45, 7) is 0.569. The van der Waals surface area contributed by atoms with Crippen molar-refractivity contribution in [2.75, 3.05) is 5.73 Å². The molecule has 0 spiro atoms. The third kappa shape index (κ3) is 2.11. The lowest BCUT2D eigenvalue weighted by molar-refractivity contribution is 0.687. The molecule has 0 bridgehead atoms. The van der Waals surface area contributed by atoms with Crippen molar-refractivity contribution in [3.05, 3.63) is 41.7 Å². The van der Waals surface area contributed by atoms with E-state index in [9.17, 15) is 0 Å². The molecular weight excluding hydrogens is 190 g/mol. The summed E-state index contributed by atoms with van der Waals surface area (Å²) in [7, 11) is 0. The monoisotopic (exact) mass is 199 g/mol. The van der Waals surface area contributed by atoms with E-state index in [0.29, 0.717) is 12.1 Å². The fraction of sp³-hybridized carbons (Fsp3) is 0.100. The van der Waals surface area contributed by atoms with Gasteiger partial charge in [0.25, 0.3) is 0 Å². The maximum Gasteiger partial charge on any atom is 0.239 e. The second-order valence-electron chi connectivity index (χ2n) is 3.11. The first-order valence-electron chi connectivity index (χ1n) is 4.42. The lowest BCUT2D eigenvalue weighted by Crippen LogP contribution is -2.01. The van der Waals surface area contributed by atoms with E-state index in [0.717, 1.165) is 5.56 Å². The summed E-state index contributed by atoms with van der Waals surface area (Å²) in [5.74, 6) is 0.256. The van der Waals surface area contributed by atoms with Gasteiger partial charge in [-0.25, -0.2) is 9.67 Å². The molecule has 5 nitrogen and oxygen atoms in total. The van der Waals surface area contributed by atoms with Gasteiger partial charge in [0.15, 0.2) is 0 Å². The van der Waals surface area contributed by atoms with E-state index in [1.165, 1.54) is 0 Å². The van der Waals surface area contributed by atoms with Gasteiger partial charge in [0, 0.05) is 0 Å². The maximum absolute atomic E-state index is 8.73. The molecule has 0 unspecified atom stereocenters. The molecule has 1 aromatic carbocycles. The molecule has 0 saturated carbocycles. The van der Waals surface area contributed by atoms with E-state index in [-0.39, 0.29) is 5.95 Å². The van der Waals surface area contributed by atoms with Crippen molar-refractivity contribution in [2.45, 2.75) is 6.54 Å². The van der Waals surface area contributed by atoms with Crippen molar-refractivity contribution in [3.8, 4) is 6.07 Å². The molecule has 0 radical (unpaired) electrons. The molecule has 0 saturated heterocycles. The van der Waals surface area contributed by atoms with E-state index >= 15 is 0 Å². The quantitative estimate of drug-likeness (QED) is 0.775. The highest BCUT2D eigenvalue weighted by molar-refractivity contribution is 5.32. The lowest BCUT2D eigenvalue weighted by atomic mass is 10.1. The molecule has 74 valence electrons. The largest absolute Gasteiger partial charge is 0.367 e. The minimum absolute atomic E-state index is 0.256. The number of rotatable bonds is 2. The first-order chi connectivity index (χ1) is 7.28. The van der Waals surface area contributed by atoms with Gasteiger partial charge in [-0.3, -0.25) is 0 Å². The number of hydrogen-bond acceptors (Lipinski definition) is 4. The topological polar surface area (TPSA) is 80.5 Å². The molecule has 2 rings (SSSR count). The molecule has 1 aromatic heterocycles. The van der Waals surface area contributed by atoms with Crippen molar-refractivity contribution >= 4 is 5.95 Å². The lowest BCUT2D eigenvalue weighted by Gasteiger charge is -2.00. The molecule has 0 aliphatic rings. The molecule has 0 fully saturated rings. The number of hydrogen-bond donors (Lipinski definition) is 1. The van der Waals surface area contributed by atoms with Crippen LogP contribution in [-0.4, -0.2) is 14.8 Å². The summed E-state index contributed by atoms with van der Waals surface area (Å²) in [5, 5.41) is 12.7. The van der Waals surface area contributed by atoms with Gasteiger partial charge in [-0.1, -0.05) is 12.1 Å². The van der Waals surface area contributed by atoms with Gasteiger partial charge in [0.05, 0.1) is 18.2 Å². The highest BCUT2D eigenvalue weighted by Crippen LogP contribution is 2.05. The molecular formula is C10H9N5. The maximum atomic E-state index is 8.73. The summed E-state index contributed by atoms with van der Waals surface area (Å²) in [6.07, 6.45) is 1.56. The summed E-state index contributed by atoms with van der Waals surface area (Å²) in [5.41, 5.74) is 7.03. The minimum atomic E-state index is 0.256. The van der Waals surface area contributed by atoms with Crippen LogP contribution in [0.2, 0.25) is 0 Å². The van der Waals surface area contributed by atoms with Gasteiger partial charge < -0.3 is 5.73 Å². The Morgan fingerprint density at radius 2 is 2.33 bits per heavy atom. The second kappa shape index (κ2) is 3.80. The number of nitrogens with zero attached hydrogens (tertiary/aromatic N) is 4.